The molecule has 3 saturated heterocycles. The maximum atomic E-state index is 13.1. The number of nitrogens with zero attached hydrogens (tertiary/aromatic N) is 17. The van der Waals surface area contributed by atoms with Crippen LogP contribution in [0.1, 0.15) is 171 Å². The maximum Gasteiger partial charge on any atom is 0.321 e. The Morgan fingerprint density at radius 3 is 1.18 bits per heavy atom. The van der Waals surface area contributed by atoms with E-state index in [4.69, 9.17) is 65.5 Å². The van der Waals surface area contributed by atoms with Crippen molar-refractivity contribution in [2.75, 3.05) is 81.4 Å². The number of piperazine rings is 2. The van der Waals surface area contributed by atoms with Crippen molar-refractivity contribution in [3.8, 4) is 18.2 Å². The molecular weight excluding hydrogens is 1640 g/mol. The first kappa shape index (κ1) is 86.2. The molecular formula is C100H97Cl3N20O3. The number of amides is 6. The molecule has 6 aromatic carbocycles. The quantitative estimate of drug-likeness (QED) is 0.0721. The average molecular weight is 1730 g/mol. The van der Waals surface area contributed by atoms with Crippen LogP contribution in [0.4, 0.5) is 31.4 Å². The van der Waals surface area contributed by atoms with Crippen molar-refractivity contribution in [3.63, 3.8) is 0 Å². The third-order valence-corrected chi connectivity index (χ3v) is 25.5. The normalized spacial score (nSPS) is 16.5. The fraction of sp³-hybridized carbons (Fsp3) is 0.280. The third-order valence-electron chi connectivity index (χ3n) is 24.8. The van der Waals surface area contributed by atoms with Gasteiger partial charge in [0.2, 0.25) is 0 Å². The van der Waals surface area contributed by atoms with Crippen LogP contribution in [-0.2, 0) is 19.6 Å². The van der Waals surface area contributed by atoms with Crippen molar-refractivity contribution in [2.24, 2.45) is 5.92 Å². The predicted molar refractivity (Wildman–Crippen MR) is 496 cm³/mol. The lowest BCUT2D eigenvalue weighted by molar-refractivity contribution is 0.125. The molecule has 126 heavy (non-hydrogen) atoms. The molecule has 3 aliphatic carbocycles. The average Bonchev–Trinajstić information content (AvgIpc) is 1.68. The number of carbonyl (C=O) groups is 3. The number of anilines is 3. The molecule has 3 atom stereocenters. The number of urea groups is 3. The van der Waals surface area contributed by atoms with Gasteiger partial charge in [-0.3, -0.25) is 24.8 Å². The minimum absolute atomic E-state index is 0.0538. The number of carbonyl (C=O) groups excluding carboxylic acids is 3. The Labute approximate surface area is 749 Å². The summed E-state index contributed by atoms with van der Waals surface area (Å²) >= 11 is 19.7. The van der Waals surface area contributed by atoms with Gasteiger partial charge in [-0.15, -0.1) is 0 Å². The molecule has 0 spiro atoms. The van der Waals surface area contributed by atoms with Crippen LogP contribution in [0.5, 0.6) is 0 Å². The van der Waals surface area contributed by atoms with Gasteiger partial charge in [0, 0.05) is 184 Å². The largest absolute Gasteiger partial charge is 0.335 e. The van der Waals surface area contributed by atoms with E-state index in [9.17, 15) is 14.4 Å². The SMILES string of the molecule is Cc1nccn1CCCC1=Cc2cc(Cl)ccc2C(N2CCN(C(=O)Nc3ccc(C#N)cc3)CC2)c2ncccc21.Cc1nccn1CCCC1=Cc2cccnc2C(C2CCN(C(=O)Nc3ccc(C#N)cc3)CC2)c2ccc(Cl)cc21.Cc1nccn1CCCC1=Cc2cccnc2C(N2CCN(C(=O)Nc3ccc(C#N)cc3)CC2)c2ccc(Cl)cc21. The number of halogens is 3. The van der Waals surface area contributed by atoms with Gasteiger partial charge in [0.05, 0.1) is 64.1 Å². The van der Waals surface area contributed by atoms with E-state index in [-0.39, 0.29) is 36.1 Å². The molecule has 26 heteroatoms. The van der Waals surface area contributed by atoms with E-state index in [1.807, 2.05) is 128 Å². The number of rotatable bonds is 18. The lowest BCUT2D eigenvalue weighted by Gasteiger charge is -2.39. The molecule has 9 heterocycles. The highest BCUT2D eigenvalue weighted by atomic mass is 35.5. The van der Waals surface area contributed by atoms with E-state index in [0.29, 0.717) is 115 Å². The molecule has 3 unspecified atom stereocenters. The second-order valence-corrected chi connectivity index (χ2v) is 33.8. The van der Waals surface area contributed by atoms with E-state index in [1.165, 1.54) is 39.0 Å². The van der Waals surface area contributed by atoms with Crippen molar-refractivity contribution in [2.45, 2.75) is 110 Å². The van der Waals surface area contributed by atoms with Gasteiger partial charge in [-0.25, -0.2) is 29.3 Å². The van der Waals surface area contributed by atoms with E-state index < -0.39 is 0 Å². The number of likely N-dealkylation sites (tertiary alicyclic amines) is 1. The summed E-state index contributed by atoms with van der Waals surface area (Å²) in [5.74, 6) is 3.52. The molecule has 3 aliphatic heterocycles. The minimum Gasteiger partial charge on any atom is -0.335 e. The van der Waals surface area contributed by atoms with Gasteiger partial charge >= 0.3 is 18.1 Å². The number of imidazole rings is 3. The van der Waals surface area contributed by atoms with Crippen LogP contribution in [0.15, 0.2) is 220 Å². The topological polar surface area (TPSA) is 267 Å². The Kier molecular flexibility index (Phi) is 27.5. The monoisotopic (exact) mass is 1730 g/mol. The van der Waals surface area contributed by atoms with Gasteiger partial charge in [0.25, 0.3) is 0 Å². The molecule has 3 N–H and O–H groups in total. The van der Waals surface area contributed by atoms with Crippen molar-refractivity contribution in [1.82, 2.24) is 68.1 Å². The van der Waals surface area contributed by atoms with Crippen molar-refractivity contribution >= 4 is 105 Å². The zero-order valence-electron chi connectivity index (χ0n) is 70.6. The highest BCUT2D eigenvalue weighted by Gasteiger charge is 2.39. The standard InChI is InChI=1S/C34H33ClN6O.2C33H32ClN7O/c1-23-37-15-19-40(23)16-3-5-26-20-27-4-2-14-38-33(27)32(30-11-8-28(35)21-31(26)30)25-12-17-41(18-13-25)34(42)39-29-9-6-24(22-36)7-10-29;1-23-36-13-15-39(23)14-3-4-25-20-26-21-27(34)8-11-30(26)32(31-29(25)5-2-12-37-31)40-16-18-41(19-17-40)33(42)38-28-9-6-24(22-35)7-10-28;1-23-36-13-15-39(23)14-3-5-25-20-26-4-2-12-37-31(26)32(29-11-8-27(34)21-30(25)29)40-16-18-41(19-17-40)33(42)38-28-9-6-24(22-35)7-10-28/h2,4,6-11,14-15,19-21,25,32H,3,5,12-13,16-18H2,1H3,(H,39,42);2,5-13,15,20-21,32H,3-4,14,16-19H2,1H3,(H,38,42);2,4,6-13,15,20-21,32H,3,5,14,16-19H2,1H3,(H,38,42). The number of hydrogen-bond acceptors (Lipinski definition) is 14. The lowest BCUT2D eigenvalue weighted by atomic mass is 9.76. The Morgan fingerprint density at radius 2 is 0.746 bits per heavy atom. The van der Waals surface area contributed by atoms with Crippen LogP contribution in [0.3, 0.4) is 0 Å². The minimum atomic E-state index is -0.136. The molecule has 3 fully saturated rings. The molecule has 6 aromatic heterocycles. The molecule has 6 aliphatic rings. The van der Waals surface area contributed by atoms with Gasteiger partial charge in [-0.2, -0.15) is 15.8 Å². The summed E-state index contributed by atoms with van der Waals surface area (Å²) < 4.78 is 6.57. The molecule has 0 bridgehead atoms. The number of fused-ring (bicyclic) bond motifs is 6. The number of allylic oxidation sites excluding steroid dienone is 3. The van der Waals surface area contributed by atoms with E-state index in [2.05, 4.69) is 145 Å². The number of piperidine rings is 1. The molecule has 23 nitrogen and oxygen atoms in total. The molecule has 0 saturated carbocycles. The fourth-order valence-electron chi connectivity index (χ4n) is 18.2. The van der Waals surface area contributed by atoms with E-state index in [1.54, 1.807) is 72.8 Å². The summed E-state index contributed by atoms with van der Waals surface area (Å²) in [4.78, 5) is 77.4. The fourth-order valence-corrected chi connectivity index (χ4v) is 18.7. The zero-order valence-corrected chi connectivity index (χ0v) is 72.9. The van der Waals surface area contributed by atoms with Crippen molar-refractivity contribution in [1.29, 1.82) is 15.8 Å². The second kappa shape index (κ2) is 40.1. The summed E-state index contributed by atoms with van der Waals surface area (Å²) in [6, 6.07) is 57.7. The number of aryl methyl sites for hydroxylation is 6. The Bertz CT molecular complexity index is 5800. The van der Waals surface area contributed by atoms with Gasteiger partial charge < -0.3 is 44.4 Å². The number of aromatic nitrogens is 9. The number of benzene rings is 6. The summed E-state index contributed by atoms with van der Waals surface area (Å²) in [7, 11) is 0. The summed E-state index contributed by atoms with van der Waals surface area (Å²) in [6.07, 6.45) is 31.5. The maximum absolute atomic E-state index is 13.1. The van der Waals surface area contributed by atoms with Crippen LogP contribution in [0, 0.1) is 60.7 Å². The van der Waals surface area contributed by atoms with E-state index in [0.717, 1.165) is 138 Å². The molecule has 636 valence electrons. The number of nitrogens with one attached hydrogen (secondary N) is 3. The summed E-state index contributed by atoms with van der Waals surface area (Å²) in [5.41, 5.74) is 21.2. The Hall–Kier alpha value is -13.3. The molecule has 12 aromatic rings. The van der Waals surface area contributed by atoms with Gasteiger partial charge in [-0.1, -0.05) is 77.3 Å². The zero-order chi connectivity index (χ0) is 87.2. The second-order valence-electron chi connectivity index (χ2n) is 32.5. The van der Waals surface area contributed by atoms with Crippen LogP contribution in [0.2, 0.25) is 15.1 Å². The number of pyridine rings is 3. The molecule has 6 amide bonds. The van der Waals surface area contributed by atoms with Crippen LogP contribution in [0.25, 0.3) is 34.9 Å². The van der Waals surface area contributed by atoms with E-state index >= 15 is 0 Å². The number of hydrogen-bond donors (Lipinski definition) is 3. The first-order valence-electron chi connectivity index (χ1n) is 43.0. The van der Waals surface area contributed by atoms with Crippen molar-refractivity contribution in [3.05, 3.63) is 336 Å². The van der Waals surface area contributed by atoms with Crippen LogP contribution in [-0.4, -0.2) is 152 Å². The highest BCUT2D eigenvalue weighted by molar-refractivity contribution is 6.31. The highest BCUT2D eigenvalue weighted by Crippen LogP contribution is 2.48. The van der Waals surface area contributed by atoms with Gasteiger partial charge in [0.15, 0.2) is 0 Å². The Morgan fingerprint density at radius 1 is 0.381 bits per heavy atom. The van der Waals surface area contributed by atoms with Gasteiger partial charge in [-0.05, 0) is 279 Å². The van der Waals surface area contributed by atoms with Crippen LogP contribution < -0.4 is 16.0 Å². The summed E-state index contributed by atoms with van der Waals surface area (Å²) in [5, 5.41) is 38.2. The van der Waals surface area contributed by atoms with Crippen molar-refractivity contribution < 1.29 is 14.4 Å². The first-order chi connectivity index (χ1) is 61.5. The third kappa shape index (κ3) is 20.2. The molecule has 0 radical (unpaired) electrons. The smallest absolute Gasteiger partial charge is 0.321 e. The Balaban J connectivity index is 0.000000139. The summed E-state index contributed by atoms with van der Waals surface area (Å²) in [6.45, 7) is 15.3. The predicted octanol–water partition coefficient (Wildman–Crippen LogP) is 20.3. The van der Waals surface area contributed by atoms with Crippen LogP contribution >= 0.6 is 34.8 Å². The molecule has 18 rings (SSSR count). The van der Waals surface area contributed by atoms with Gasteiger partial charge in [0.1, 0.15) is 17.5 Å². The first-order valence-corrected chi connectivity index (χ1v) is 44.1. The lowest BCUT2D eigenvalue weighted by Crippen LogP contribution is -2.51. The number of nitriles is 3.